The van der Waals surface area contributed by atoms with Crippen molar-refractivity contribution in [2.24, 2.45) is 18.8 Å². The van der Waals surface area contributed by atoms with Crippen LogP contribution in [0.4, 0.5) is 43.7 Å². The lowest BCUT2D eigenvalue weighted by Crippen LogP contribution is -2.40. The van der Waals surface area contributed by atoms with Crippen LogP contribution in [0.5, 0.6) is 0 Å². The number of fused-ring (bicyclic) bond motifs is 1. The highest BCUT2D eigenvalue weighted by atomic mass is 35.5. The lowest BCUT2D eigenvalue weighted by atomic mass is 9.95. The van der Waals surface area contributed by atoms with Crippen molar-refractivity contribution in [1.29, 1.82) is 0 Å². The molecule has 1 fully saturated rings. The summed E-state index contributed by atoms with van der Waals surface area (Å²) in [6, 6.07) is 6.19. The van der Waals surface area contributed by atoms with Gasteiger partial charge in [-0.1, -0.05) is 35.8 Å². The minimum absolute atomic E-state index is 0.0218. The van der Waals surface area contributed by atoms with Gasteiger partial charge in [0.05, 0.1) is 50.4 Å². The SMILES string of the molecule is C=C(C(=O)NCc1ccc(Cl)c(Nc2nc3cc(C(=O)NCCC(F)(F)F)c(N4CCC(C(F)(F)F)CC4)cc3n2C)c1Cl)C1=C(NN)CCC1. The third kappa shape index (κ3) is 8.67. The average Bonchev–Trinajstić information content (AvgIpc) is 3.68. The van der Waals surface area contributed by atoms with Crippen LogP contribution in [0.1, 0.15) is 54.4 Å². The lowest BCUT2D eigenvalue weighted by Gasteiger charge is -2.35. The summed E-state index contributed by atoms with van der Waals surface area (Å²) in [6.07, 6.45) is -8.30. The number of carbonyl (C=O) groups excluding carboxylic acids is 2. The lowest BCUT2D eigenvalue weighted by molar-refractivity contribution is -0.179. The second-order valence-corrected chi connectivity index (χ2v) is 13.2. The van der Waals surface area contributed by atoms with E-state index < -0.39 is 43.1 Å². The van der Waals surface area contributed by atoms with Crippen molar-refractivity contribution in [2.45, 2.75) is 57.4 Å². The van der Waals surface area contributed by atoms with Gasteiger partial charge in [-0.25, -0.2) is 4.98 Å². The van der Waals surface area contributed by atoms with Crippen LogP contribution in [0.25, 0.3) is 11.0 Å². The van der Waals surface area contributed by atoms with Crippen molar-refractivity contribution in [3.05, 3.63) is 68.9 Å². The molecule has 2 amide bonds. The Labute approximate surface area is 299 Å². The number of aromatic nitrogens is 2. The van der Waals surface area contributed by atoms with Crippen LogP contribution in [0.15, 0.2) is 47.7 Å². The van der Waals surface area contributed by atoms with Gasteiger partial charge in [0.1, 0.15) is 0 Å². The van der Waals surface area contributed by atoms with E-state index in [1.165, 1.54) is 6.07 Å². The molecule has 0 atom stereocenters. The maximum Gasteiger partial charge on any atom is 0.391 e. The Morgan fingerprint density at radius 2 is 1.76 bits per heavy atom. The quantitative estimate of drug-likeness (QED) is 0.0608. The number of hydrogen-bond acceptors (Lipinski definition) is 7. The van der Waals surface area contributed by atoms with Crippen molar-refractivity contribution in [3.8, 4) is 0 Å². The highest BCUT2D eigenvalue weighted by Gasteiger charge is 2.41. The van der Waals surface area contributed by atoms with Crippen molar-refractivity contribution >= 4 is 63.4 Å². The first-order valence-corrected chi connectivity index (χ1v) is 16.8. The summed E-state index contributed by atoms with van der Waals surface area (Å²) in [6.45, 7) is 3.22. The fourth-order valence-electron chi connectivity index (χ4n) is 6.26. The van der Waals surface area contributed by atoms with Crippen LogP contribution >= 0.6 is 23.2 Å². The standard InChI is InChI=1S/C33H36Cl2F6N8O2/c1-17(20-4-3-5-23(20)47-42)29(50)44-16-18-6-7-22(34)28(27(18)35)46-31-45-24-14-21(30(51)43-11-10-32(36,37)38)25(15-26(24)48(31)2)49-12-8-19(9-13-49)33(39,40)41/h6-7,14-15,19,47H,1,3-5,8-13,16,42H2,2H3,(H,43,51)(H,44,50)(H,45,46). The molecule has 10 nitrogen and oxygen atoms in total. The molecule has 18 heteroatoms. The Morgan fingerprint density at radius 3 is 2.41 bits per heavy atom. The van der Waals surface area contributed by atoms with Gasteiger partial charge in [0.2, 0.25) is 5.95 Å². The minimum atomic E-state index is -4.50. The molecule has 3 aromatic rings. The van der Waals surface area contributed by atoms with Gasteiger partial charge in [0, 0.05) is 44.5 Å². The number of benzene rings is 2. The summed E-state index contributed by atoms with van der Waals surface area (Å²) in [5.74, 6) is 3.07. The minimum Gasteiger partial charge on any atom is -0.371 e. The van der Waals surface area contributed by atoms with Crippen molar-refractivity contribution < 1.29 is 35.9 Å². The van der Waals surface area contributed by atoms with Gasteiger partial charge in [0.15, 0.2) is 0 Å². The Kier molecular flexibility index (Phi) is 11.4. The molecule has 51 heavy (non-hydrogen) atoms. The molecular formula is C33H36Cl2F6N8O2. The number of hydrogen-bond donors (Lipinski definition) is 5. The smallest absolute Gasteiger partial charge is 0.371 e. The van der Waals surface area contributed by atoms with Crippen LogP contribution in [0.2, 0.25) is 10.0 Å². The van der Waals surface area contributed by atoms with Gasteiger partial charge in [-0.15, -0.1) is 0 Å². The molecule has 2 aromatic carbocycles. The average molecular weight is 762 g/mol. The molecule has 1 saturated heterocycles. The van der Waals surface area contributed by atoms with E-state index in [4.69, 9.17) is 29.0 Å². The molecule has 276 valence electrons. The number of aryl methyl sites for hydroxylation is 1. The van der Waals surface area contributed by atoms with Gasteiger partial charge < -0.3 is 30.8 Å². The number of nitrogens with one attached hydrogen (secondary N) is 4. The van der Waals surface area contributed by atoms with E-state index in [9.17, 15) is 35.9 Å². The van der Waals surface area contributed by atoms with E-state index in [1.807, 2.05) is 0 Å². The van der Waals surface area contributed by atoms with Gasteiger partial charge in [0.25, 0.3) is 11.8 Å². The topological polar surface area (TPSA) is 129 Å². The number of imidazole rings is 1. The first kappa shape index (κ1) is 38.1. The summed E-state index contributed by atoms with van der Waals surface area (Å²) >= 11 is 13.3. The highest BCUT2D eigenvalue weighted by molar-refractivity contribution is 6.39. The fraction of sp³-hybridized carbons (Fsp3) is 0.424. The number of hydrazine groups is 1. The molecule has 1 aliphatic carbocycles. The number of piperidine rings is 1. The Bertz CT molecular complexity index is 1870. The van der Waals surface area contributed by atoms with Crippen molar-refractivity contribution in [1.82, 2.24) is 25.6 Å². The first-order chi connectivity index (χ1) is 24.0. The van der Waals surface area contributed by atoms with Crippen LogP contribution in [0.3, 0.4) is 0 Å². The number of nitrogens with zero attached hydrogens (tertiary/aromatic N) is 3. The predicted molar refractivity (Wildman–Crippen MR) is 184 cm³/mol. The van der Waals surface area contributed by atoms with Gasteiger partial charge >= 0.3 is 12.4 Å². The number of allylic oxidation sites excluding steroid dienone is 1. The largest absolute Gasteiger partial charge is 0.391 e. The van der Waals surface area contributed by atoms with E-state index in [0.717, 1.165) is 24.1 Å². The maximum atomic E-state index is 13.4. The van der Waals surface area contributed by atoms with Gasteiger partial charge in [-0.3, -0.25) is 15.4 Å². The van der Waals surface area contributed by atoms with E-state index in [-0.39, 0.29) is 70.9 Å². The Balaban J connectivity index is 1.41. The third-order valence-corrected chi connectivity index (χ3v) is 9.86. The van der Waals surface area contributed by atoms with Gasteiger partial charge in [-0.05, 0) is 61.4 Å². The molecule has 2 aliphatic rings. The second kappa shape index (κ2) is 15.2. The summed E-state index contributed by atoms with van der Waals surface area (Å²) in [5.41, 5.74) is 6.20. The van der Waals surface area contributed by atoms with E-state index in [0.29, 0.717) is 23.1 Å². The predicted octanol–water partition coefficient (Wildman–Crippen LogP) is 7.16. The fourth-order valence-corrected chi connectivity index (χ4v) is 6.79. The van der Waals surface area contributed by atoms with Crippen molar-refractivity contribution in [3.63, 3.8) is 0 Å². The number of alkyl halides is 6. The molecule has 2 heterocycles. The number of carbonyl (C=O) groups is 2. The summed E-state index contributed by atoms with van der Waals surface area (Å²) in [5, 5.41) is 8.57. The van der Waals surface area contributed by atoms with Crippen LogP contribution in [-0.4, -0.2) is 53.4 Å². The monoisotopic (exact) mass is 760 g/mol. The molecule has 0 spiro atoms. The normalized spacial score (nSPS) is 15.8. The zero-order valence-corrected chi connectivity index (χ0v) is 28.9. The number of amides is 2. The zero-order valence-electron chi connectivity index (χ0n) is 27.4. The molecule has 1 aromatic heterocycles. The molecule has 0 radical (unpaired) electrons. The molecule has 0 saturated carbocycles. The molecular weight excluding hydrogens is 725 g/mol. The molecule has 1 aliphatic heterocycles. The number of nitrogens with two attached hydrogens (primary N) is 1. The maximum absolute atomic E-state index is 13.4. The summed E-state index contributed by atoms with van der Waals surface area (Å²) < 4.78 is 80.2. The molecule has 5 rings (SSSR count). The number of halogens is 8. The summed E-state index contributed by atoms with van der Waals surface area (Å²) in [4.78, 5) is 32.3. The third-order valence-electron chi connectivity index (χ3n) is 9.11. The Morgan fingerprint density at radius 1 is 1.06 bits per heavy atom. The number of rotatable bonds is 11. The van der Waals surface area contributed by atoms with E-state index in [1.54, 1.807) is 34.7 Å². The number of anilines is 3. The zero-order chi connectivity index (χ0) is 37.2. The van der Waals surface area contributed by atoms with E-state index in [2.05, 4.69) is 32.9 Å². The molecule has 0 unspecified atom stereocenters. The van der Waals surface area contributed by atoms with Gasteiger partial charge in [-0.2, -0.15) is 26.3 Å². The van der Waals surface area contributed by atoms with Crippen molar-refractivity contribution in [2.75, 3.05) is 29.9 Å². The first-order valence-electron chi connectivity index (χ1n) is 16.1. The van der Waals surface area contributed by atoms with Crippen LogP contribution in [0, 0.1) is 5.92 Å². The molecule has 6 N–H and O–H groups in total. The highest BCUT2D eigenvalue weighted by Crippen LogP contribution is 2.39. The second-order valence-electron chi connectivity index (χ2n) is 12.4. The van der Waals surface area contributed by atoms with Crippen LogP contribution in [-0.2, 0) is 18.4 Å². The van der Waals surface area contributed by atoms with E-state index >= 15 is 0 Å². The Hall–Kier alpha value is -4.15. The summed E-state index contributed by atoms with van der Waals surface area (Å²) in [7, 11) is 1.65. The van der Waals surface area contributed by atoms with Crippen LogP contribution < -0.4 is 32.1 Å². The molecule has 0 bridgehead atoms.